The van der Waals surface area contributed by atoms with Gasteiger partial charge in [0.25, 0.3) is 0 Å². The molecule has 266 valence electrons. The van der Waals surface area contributed by atoms with Crippen LogP contribution in [0.15, 0.2) is 34.1 Å². The summed E-state index contributed by atoms with van der Waals surface area (Å²) in [6.45, 7) is 14.6. The quantitative estimate of drug-likeness (QED) is 0.205. The molecule has 14 nitrogen and oxygen atoms in total. The molecule has 0 heterocycles. The highest BCUT2D eigenvalue weighted by Crippen LogP contribution is 2.52. The molecule has 14 heteroatoms. The first kappa shape index (κ1) is 39.7. The van der Waals surface area contributed by atoms with Gasteiger partial charge in [0, 0.05) is 72.0 Å². The first-order valence-electron chi connectivity index (χ1n) is 15.5. The van der Waals surface area contributed by atoms with Crippen LogP contribution in [0.3, 0.4) is 0 Å². The molecule has 2 rings (SSSR count). The van der Waals surface area contributed by atoms with Crippen molar-refractivity contribution in [1.29, 1.82) is 0 Å². The number of carbonyl (C=O) groups excluding carboxylic acids is 7. The molecule has 2 bridgehead atoms. The monoisotopic (exact) mass is 678 g/mol. The fourth-order valence-electron chi connectivity index (χ4n) is 6.33. The molecule has 0 aromatic heterocycles. The van der Waals surface area contributed by atoms with Crippen LogP contribution in [0.5, 0.6) is 0 Å². The molecule has 0 N–H and O–H groups in total. The van der Waals surface area contributed by atoms with Crippen LogP contribution in [0.1, 0.15) is 89.0 Å². The van der Waals surface area contributed by atoms with E-state index >= 15 is 0 Å². The number of carbonyl (C=O) groups is 7. The smallest absolute Gasteiger partial charge is 0.307 e. The first-order chi connectivity index (χ1) is 22.1. The summed E-state index contributed by atoms with van der Waals surface area (Å²) in [6, 6.07) is 0. The van der Waals surface area contributed by atoms with Crippen LogP contribution >= 0.6 is 0 Å². The zero-order valence-electron chi connectivity index (χ0n) is 29.4. The van der Waals surface area contributed by atoms with Gasteiger partial charge in [-0.1, -0.05) is 13.8 Å². The lowest BCUT2D eigenvalue weighted by atomic mass is 9.60. The van der Waals surface area contributed by atoms with Gasteiger partial charge in [-0.2, -0.15) is 0 Å². The number of esters is 7. The van der Waals surface area contributed by atoms with Crippen molar-refractivity contribution < 1.29 is 66.7 Å². The predicted molar refractivity (Wildman–Crippen MR) is 166 cm³/mol. The van der Waals surface area contributed by atoms with E-state index in [0.717, 1.165) is 27.7 Å². The Morgan fingerprint density at radius 3 is 1.56 bits per heavy atom. The summed E-state index contributed by atoms with van der Waals surface area (Å²) >= 11 is 0. The highest BCUT2D eigenvalue weighted by atomic mass is 16.6. The average molecular weight is 679 g/mol. The van der Waals surface area contributed by atoms with Crippen LogP contribution in [0.4, 0.5) is 0 Å². The molecular weight excluding hydrogens is 632 g/mol. The third-order valence-corrected chi connectivity index (χ3v) is 8.19. The molecule has 0 aliphatic heterocycles. The highest BCUT2D eigenvalue weighted by molar-refractivity contribution is 5.71. The van der Waals surface area contributed by atoms with E-state index in [1.54, 1.807) is 20.8 Å². The van der Waals surface area contributed by atoms with Crippen molar-refractivity contribution in [3.8, 4) is 0 Å². The molecule has 0 saturated heterocycles. The van der Waals surface area contributed by atoms with Gasteiger partial charge in [-0.15, -0.1) is 0 Å². The minimum atomic E-state index is -1.42. The van der Waals surface area contributed by atoms with Crippen molar-refractivity contribution >= 4 is 41.8 Å². The third-order valence-electron chi connectivity index (χ3n) is 8.19. The summed E-state index contributed by atoms with van der Waals surface area (Å²) in [6.07, 6.45) is -4.63. The van der Waals surface area contributed by atoms with Crippen LogP contribution in [-0.4, -0.2) is 78.9 Å². The Kier molecular flexibility index (Phi) is 13.7. The second-order valence-corrected chi connectivity index (χ2v) is 12.4. The van der Waals surface area contributed by atoms with Gasteiger partial charge in [-0.25, -0.2) is 0 Å². The maximum atomic E-state index is 12.7. The maximum absolute atomic E-state index is 12.7. The van der Waals surface area contributed by atoms with E-state index in [1.165, 1.54) is 33.8 Å². The number of ether oxygens (including phenoxy) is 7. The van der Waals surface area contributed by atoms with E-state index in [0.29, 0.717) is 11.1 Å². The Bertz CT molecular complexity index is 1410. The lowest BCUT2D eigenvalue weighted by Crippen LogP contribution is -2.49. The van der Waals surface area contributed by atoms with Gasteiger partial charge >= 0.3 is 41.8 Å². The van der Waals surface area contributed by atoms with Crippen molar-refractivity contribution in [3.05, 3.63) is 34.1 Å². The molecule has 0 radical (unpaired) electrons. The first-order valence-corrected chi connectivity index (χ1v) is 15.5. The van der Waals surface area contributed by atoms with Crippen LogP contribution in [0.25, 0.3) is 0 Å². The van der Waals surface area contributed by atoms with Gasteiger partial charge in [0.1, 0.15) is 31.0 Å². The third kappa shape index (κ3) is 10.5. The largest absolute Gasteiger partial charge is 0.461 e. The molecule has 0 aromatic carbocycles. The van der Waals surface area contributed by atoms with E-state index in [4.69, 9.17) is 33.2 Å². The van der Waals surface area contributed by atoms with Gasteiger partial charge in [-0.3, -0.25) is 33.6 Å². The Morgan fingerprint density at radius 2 is 1.10 bits per heavy atom. The fourth-order valence-corrected chi connectivity index (χ4v) is 6.33. The summed E-state index contributed by atoms with van der Waals surface area (Å²) in [7, 11) is 0. The molecule has 48 heavy (non-hydrogen) atoms. The summed E-state index contributed by atoms with van der Waals surface area (Å²) in [5.41, 5.74) is 0.106. The molecule has 2 aliphatic rings. The van der Waals surface area contributed by atoms with Gasteiger partial charge in [0.15, 0.2) is 11.9 Å². The molecule has 0 saturated carbocycles. The highest BCUT2D eigenvalue weighted by Gasteiger charge is 2.51. The van der Waals surface area contributed by atoms with Crippen molar-refractivity contribution in [3.63, 3.8) is 0 Å². The second kappa shape index (κ2) is 16.6. The van der Waals surface area contributed by atoms with Crippen molar-refractivity contribution in [2.75, 3.05) is 6.61 Å². The minimum absolute atomic E-state index is 0.115. The summed E-state index contributed by atoms with van der Waals surface area (Å²) in [4.78, 5) is 87.1. The Hall–Kier alpha value is -4.49. The molecule has 2 aliphatic carbocycles. The van der Waals surface area contributed by atoms with Crippen molar-refractivity contribution in [1.82, 2.24) is 0 Å². The van der Waals surface area contributed by atoms with E-state index in [9.17, 15) is 33.6 Å². The SMILES string of the molecule is CC(=O)OC/C1=C\[C@H](OC(C)=O)[C@@H]2C[C@H](OC(C)=O)C(C)=C([C@@H](OC(C)=O)/C(OC(C)=O)=C(\C)[C@H](OC(C)=O)C[C@@H]1OC(C)=O)C2(C)C. The van der Waals surface area contributed by atoms with Gasteiger partial charge in [0.05, 0.1) is 0 Å². The summed E-state index contributed by atoms with van der Waals surface area (Å²) in [5.74, 6) is -5.90. The van der Waals surface area contributed by atoms with Crippen LogP contribution in [-0.2, 0) is 66.7 Å². The average Bonchev–Trinajstić information content (AvgIpc) is 2.91. The lowest BCUT2D eigenvalue weighted by Gasteiger charge is -2.48. The van der Waals surface area contributed by atoms with Crippen LogP contribution < -0.4 is 0 Å². The fraction of sp³-hybridized carbons (Fsp3) is 0.618. The Balaban J connectivity index is 3.25. The number of rotatable bonds is 8. The zero-order chi connectivity index (χ0) is 36.7. The van der Waals surface area contributed by atoms with Crippen molar-refractivity contribution in [2.24, 2.45) is 11.3 Å². The molecule has 0 aromatic rings. The maximum Gasteiger partial charge on any atom is 0.307 e. The Morgan fingerprint density at radius 1 is 0.625 bits per heavy atom. The number of hydrogen-bond donors (Lipinski definition) is 0. The van der Waals surface area contributed by atoms with E-state index < -0.39 is 90.2 Å². The second-order valence-electron chi connectivity index (χ2n) is 12.4. The zero-order valence-corrected chi connectivity index (χ0v) is 29.4. The molecule has 0 fully saturated rings. The summed E-state index contributed by atoms with van der Waals surface area (Å²) < 4.78 is 39.9. The number of hydrogen-bond acceptors (Lipinski definition) is 14. The normalized spacial score (nSPS) is 28.2. The standard InChI is InChI=1S/C34H46O14/c1-16-27(43-19(4)36)13-26-30(46-22(7)39)12-25(15-42-18(3)35)29(45-21(6)38)14-28(44-20(5)37)17(2)32(47-23(8)40)33(48-24(9)41)31(16)34(26,10)11/h12,26-30,33H,13-15H2,1-11H3/b25-12+,32-17-/t26-,27-,28+,29-,30-,33+/m0/s1. The van der Waals surface area contributed by atoms with Crippen LogP contribution in [0, 0.1) is 11.3 Å². The molecule has 0 amide bonds. The summed E-state index contributed by atoms with van der Waals surface area (Å²) in [5, 5.41) is 0. The van der Waals surface area contributed by atoms with E-state index in [-0.39, 0.29) is 29.7 Å². The van der Waals surface area contributed by atoms with E-state index in [1.807, 2.05) is 0 Å². The van der Waals surface area contributed by atoms with E-state index in [2.05, 4.69) is 0 Å². The minimum Gasteiger partial charge on any atom is -0.461 e. The van der Waals surface area contributed by atoms with Crippen molar-refractivity contribution in [2.45, 2.75) is 120 Å². The molecular formula is C34H46O14. The van der Waals surface area contributed by atoms with Crippen LogP contribution in [0.2, 0.25) is 0 Å². The predicted octanol–water partition coefficient (Wildman–Crippen LogP) is 3.74. The molecule has 0 spiro atoms. The van der Waals surface area contributed by atoms with Gasteiger partial charge in [-0.05, 0) is 42.9 Å². The molecule has 0 unspecified atom stereocenters. The van der Waals surface area contributed by atoms with Gasteiger partial charge < -0.3 is 33.2 Å². The number of fused-ring (bicyclic) bond motifs is 2. The van der Waals surface area contributed by atoms with Gasteiger partial charge in [0.2, 0.25) is 0 Å². The molecule has 6 atom stereocenters. The lowest BCUT2D eigenvalue weighted by molar-refractivity contribution is -0.156. The topological polar surface area (TPSA) is 184 Å². The Labute approximate surface area is 280 Å².